The molecule has 27 heavy (non-hydrogen) atoms. The van der Waals surface area contributed by atoms with Crippen molar-refractivity contribution in [2.45, 2.75) is 35.6 Å². The molecule has 1 aliphatic rings. The number of nitro benzene ring substituents is 1. The average Bonchev–Trinajstić information content (AvgIpc) is 3.14. The number of likely N-dealkylation sites (tertiary alicyclic amines) is 1. The van der Waals surface area contributed by atoms with E-state index in [-0.39, 0.29) is 11.6 Å². The number of hydrogen-bond donors (Lipinski definition) is 1. The number of carbonyl (C=O) groups excluding carboxylic acids is 1. The van der Waals surface area contributed by atoms with Gasteiger partial charge < -0.3 is 5.32 Å². The van der Waals surface area contributed by atoms with Crippen molar-refractivity contribution in [1.82, 2.24) is 15.2 Å². The summed E-state index contributed by atoms with van der Waals surface area (Å²) >= 11 is 1.28. The van der Waals surface area contributed by atoms with Crippen molar-refractivity contribution >= 4 is 23.4 Å². The summed E-state index contributed by atoms with van der Waals surface area (Å²) in [6.07, 6.45) is 5.48. The second-order valence-electron chi connectivity index (χ2n) is 6.36. The van der Waals surface area contributed by atoms with Gasteiger partial charge in [0.1, 0.15) is 0 Å². The number of hydrogen-bond acceptors (Lipinski definition) is 6. The van der Waals surface area contributed by atoms with Crippen LogP contribution in [-0.4, -0.2) is 46.4 Å². The number of benzene rings is 1. The van der Waals surface area contributed by atoms with E-state index in [1.807, 2.05) is 0 Å². The van der Waals surface area contributed by atoms with Gasteiger partial charge >= 0.3 is 0 Å². The van der Waals surface area contributed by atoms with Gasteiger partial charge in [0, 0.05) is 41.5 Å². The van der Waals surface area contributed by atoms with Gasteiger partial charge in [0.15, 0.2) is 0 Å². The van der Waals surface area contributed by atoms with Crippen molar-refractivity contribution in [3.05, 3.63) is 58.4 Å². The van der Waals surface area contributed by atoms with Gasteiger partial charge in [-0.3, -0.25) is 24.8 Å². The molecule has 7 nitrogen and oxygen atoms in total. The van der Waals surface area contributed by atoms with E-state index in [2.05, 4.69) is 22.1 Å². The van der Waals surface area contributed by atoms with Crippen molar-refractivity contribution in [2.24, 2.45) is 0 Å². The summed E-state index contributed by atoms with van der Waals surface area (Å²) in [6.45, 7) is 4.70. The quantitative estimate of drug-likeness (QED) is 0.580. The minimum atomic E-state index is -0.448. The molecule has 1 fully saturated rings. The van der Waals surface area contributed by atoms with Gasteiger partial charge in [-0.1, -0.05) is 18.7 Å². The van der Waals surface area contributed by atoms with Crippen LogP contribution in [0.5, 0.6) is 0 Å². The van der Waals surface area contributed by atoms with Gasteiger partial charge in [-0.25, -0.2) is 0 Å². The lowest BCUT2D eigenvalue weighted by Gasteiger charge is -2.22. The molecule has 0 aliphatic carbocycles. The van der Waals surface area contributed by atoms with Crippen LogP contribution in [0.4, 0.5) is 5.69 Å². The molecule has 1 saturated heterocycles. The van der Waals surface area contributed by atoms with Crippen LogP contribution in [0.15, 0.2) is 52.5 Å². The second kappa shape index (κ2) is 8.96. The second-order valence-corrected chi connectivity index (χ2v) is 7.47. The van der Waals surface area contributed by atoms with Crippen LogP contribution in [0.2, 0.25) is 0 Å². The van der Waals surface area contributed by atoms with Crippen molar-refractivity contribution < 1.29 is 9.72 Å². The average molecular weight is 386 g/mol. The first-order valence-corrected chi connectivity index (χ1v) is 9.78. The Labute approximate surface area is 162 Å². The van der Waals surface area contributed by atoms with E-state index >= 15 is 0 Å². The molecule has 1 aliphatic heterocycles. The predicted octanol–water partition coefficient (Wildman–Crippen LogP) is 3.36. The highest BCUT2D eigenvalue weighted by Gasteiger charge is 2.24. The van der Waals surface area contributed by atoms with E-state index in [1.165, 1.54) is 17.8 Å². The summed E-state index contributed by atoms with van der Waals surface area (Å²) in [5.41, 5.74) is 0.238. The monoisotopic (exact) mass is 386 g/mol. The van der Waals surface area contributed by atoms with Crippen LogP contribution < -0.4 is 5.32 Å². The van der Waals surface area contributed by atoms with Crippen LogP contribution >= 0.6 is 11.8 Å². The van der Waals surface area contributed by atoms with Crippen LogP contribution in [0.1, 0.15) is 30.1 Å². The highest BCUT2D eigenvalue weighted by molar-refractivity contribution is 7.99. The number of pyridine rings is 1. The fourth-order valence-corrected chi connectivity index (χ4v) is 4.16. The van der Waals surface area contributed by atoms with Crippen LogP contribution in [0.25, 0.3) is 0 Å². The van der Waals surface area contributed by atoms with Crippen LogP contribution in [0.3, 0.4) is 0 Å². The number of rotatable bonds is 7. The summed E-state index contributed by atoms with van der Waals surface area (Å²) in [5, 5.41) is 14.4. The van der Waals surface area contributed by atoms with Gasteiger partial charge in [-0.2, -0.15) is 0 Å². The number of nitro groups is 1. The fourth-order valence-electron chi connectivity index (χ4n) is 3.28. The number of amides is 1. The molecule has 8 heteroatoms. The van der Waals surface area contributed by atoms with Gasteiger partial charge in [0.05, 0.1) is 9.82 Å². The van der Waals surface area contributed by atoms with Crippen molar-refractivity contribution in [2.75, 3.05) is 19.6 Å². The maximum atomic E-state index is 12.5. The Hall–Kier alpha value is -2.45. The minimum absolute atomic E-state index is 0.0690. The number of nitrogens with one attached hydrogen (secondary N) is 1. The molecule has 2 heterocycles. The Kier molecular flexibility index (Phi) is 6.41. The lowest BCUT2D eigenvalue weighted by molar-refractivity contribution is -0.387. The minimum Gasteiger partial charge on any atom is -0.350 e. The molecule has 3 rings (SSSR count). The molecular weight excluding hydrogens is 364 g/mol. The third-order valence-electron chi connectivity index (χ3n) is 4.70. The Bertz CT molecular complexity index is 816. The first-order chi connectivity index (χ1) is 13.1. The number of likely N-dealkylation sites (N-methyl/N-ethyl adjacent to an activating group) is 1. The molecule has 1 aromatic carbocycles. The van der Waals surface area contributed by atoms with E-state index in [0.29, 0.717) is 23.0 Å². The zero-order valence-corrected chi connectivity index (χ0v) is 15.9. The van der Waals surface area contributed by atoms with Crippen molar-refractivity contribution in [3.63, 3.8) is 0 Å². The lowest BCUT2D eigenvalue weighted by Crippen LogP contribution is -2.40. The number of aromatic nitrogens is 1. The van der Waals surface area contributed by atoms with E-state index in [9.17, 15) is 14.9 Å². The fraction of sp³-hybridized carbons (Fsp3) is 0.368. The summed E-state index contributed by atoms with van der Waals surface area (Å²) in [6, 6.07) is 8.54. The SMILES string of the molecule is CCN1CCCC1CNC(=O)c1ccc(Sc2ccncc2)c([N+](=O)[O-])c1. The zero-order valence-electron chi connectivity index (χ0n) is 15.1. The van der Waals surface area contributed by atoms with Crippen molar-refractivity contribution in [1.29, 1.82) is 0 Å². The molecule has 1 aromatic heterocycles. The Morgan fingerprint density at radius 3 is 2.85 bits per heavy atom. The molecule has 0 bridgehead atoms. The highest BCUT2D eigenvalue weighted by Crippen LogP contribution is 2.35. The van der Waals surface area contributed by atoms with Crippen molar-refractivity contribution in [3.8, 4) is 0 Å². The van der Waals surface area contributed by atoms with E-state index in [1.54, 1.807) is 36.7 Å². The molecule has 2 aromatic rings. The summed E-state index contributed by atoms with van der Waals surface area (Å²) in [7, 11) is 0. The molecule has 1 amide bonds. The molecule has 0 saturated carbocycles. The maximum Gasteiger partial charge on any atom is 0.284 e. The molecule has 0 spiro atoms. The van der Waals surface area contributed by atoms with Gasteiger partial charge in [-0.05, 0) is 50.2 Å². The Morgan fingerprint density at radius 2 is 2.15 bits per heavy atom. The van der Waals surface area contributed by atoms with E-state index < -0.39 is 4.92 Å². The van der Waals surface area contributed by atoms with E-state index in [4.69, 9.17) is 0 Å². The van der Waals surface area contributed by atoms with E-state index in [0.717, 1.165) is 30.8 Å². The molecule has 1 N–H and O–H groups in total. The molecule has 1 atom stereocenters. The van der Waals surface area contributed by atoms with Crippen LogP contribution in [-0.2, 0) is 0 Å². The Balaban J connectivity index is 1.71. The first kappa shape index (κ1) is 19.3. The molecule has 0 radical (unpaired) electrons. The smallest absolute Gasteiger partial charge is 0.284 e. The largest absolute Gasteiger partial charge is 0.350 e. The third kappa shape index (κ3) is 4.84. The predicted molar refractivity (Wildman–Crippen MR) is 104 cm³/mol. The molecule has 142 valence electrons. The number of carbonyl (C=O) groups is 1. The lowest BCUT2D eigenvalue weighted by atomic mass is 10.1. The van der Waals surface area contributed by atoms with Gasteiger partial charge in [-0.15, -0.1) is 0 Å². The standard InChI is InChI=1S/C19H22N4O3S/c1-2-22-11-3-4-15(22)13-21-19(24)14-5-6-18(17(12-14)23(25)26)27-16-7-9-20-10-8-16/h5-10,12,15H,2-4,11,13H2,1H3,(H,21,24). The number of nitrogens with zero attached hydrogens (tertiary/aromatic N) is 3. The van der Waals surface area contributed by atoms with Gasteiger partial charge in [0.25, 0.3) is 11.6 Å². The maximum absolute atomic E-state index is 12.5. The highest BCUT2D eigenvalue weighted by atomic mass is 32.2. The van der Waals surface area contributed by atoms with Crippen LogP contribution in [0, 0.1) is 10.1 Å². The Morgan fingerprint density at radius 1 is 1.37 bits per heavy atom. The normalized spacial score (nSPS) is 17.0. The zero-order chi connectivity index (χ0) is 19.2. The summed E-state index contributed by atoms with van der Waals surface area (Å²) in [4.78, 5) is 31.1. The topological polar surface area (TPSA) is 88.4 Å². The summed E-state index contributed by atoms with van der Waals surface area (Å²) in [5.74, 6) is -0.276. The van der Waals surface area contributed by atoms with Gasteiger partial charge in [0.2, 0.25) is 0 Å². The third-order valence-corrected chi connectivity index (χ3v) is 5.77. The summed E-state index contributed by atoms with van der Waals surface area (Å²) < 4.78 is 0. The first-order valence-electron chi connectivity index (χ1n) is 8.97. The molecular formula is C19H22N4O3S. The molecule has 1 unspecified atom stereocenters.